The Morgan fingerprint density at radius 3 is 2.38 bits per heavy atom. The van der Waals surface area contributed by atoms with Crippen molar-refractivity contribution in [3.05, 3.63) is 12.7 Å². The third-order valence-corrected chi connectivity index (χ3v) is 3.78. The predicted octanol–water partition coefficient (Wildman–Crippen LogP) is -0.201. The topological polar surface area (TPSA) is 97.7 Å². The van der Waals surface area contributed by atoms with Gasteiger partial charge in [0.1, 0.15) is 5.75 Å². The van der Waals surface area contributed by atoms with Crippen molar-refractivity contribution in [2.45, 2.75) is 12.2 Å². The molecule has 1 atom stereocenters. The highest BCUT2D eigenvalue weighted by Crippen LogP contribution is 2.06. The maximum atomic E-state index is 11.4. The first-order chi connectivity index (χ1) is 7.23. The van der Waals surface area contributed by atoms with Crippen molar-refractivity contribution >= 4 is 20.2 Å². The van der Waals surface area contributed by atoms with Crippen LogP contribution >= 0.6 is 0 Å². The zero-order valence-corrected chi connectivity index (χ0v) is 10.2. The van der Waals surface area contributed by atoms with E-state index in [4.69, 9.17) is 4.55 Å². The van der Waals surface area contributed by atoms with Crippen LogP contribution in [-0.2, 0) is 24.4 Å². The highest BCUT2D eigenvalue weighted by atomic mass is 32.2. The molecule has 0 aromatic carbocycles. The fraction of sp³-hybridized carbons (Fsp3) is 0.500. The monoisotopic (exact) mass is 268 g/mol. The third kappa shape index (κ3) is 5.87. The van der Waals surface area contributed by atoms with E-state index in [0.717, 1.165) is 0 Å². The van der Waals surface area contributed by atoms with E-state index < -0.39 is 31.2 Å². The Kier molecular flexibility index (Phi) is 5.67. The molecular formula is C8H12O6S2. The van der Waals surface area contributed by atoms with Gasteiger partial charge in [-0.15, -0.1) is 12.5 Å². The Balaban J connectivity index is 5.04. The molecule has 92 valence electrons. The number of hydrogen-bond donors (Lipinski definition) is 1. The average molecular weight is 268 g/mol. The summed E-state index contributed by atoms with van der Waals surface area (Å²) in [6, 6.07) is 0. The van der Waals surface area contributed by atoms with Crippen LogP contribution in [0.1, 0.15) is 6.92 Å². The van der Waals surface area contributed by atoms with Crippen molar-refractivity contribution < 1.29 is 25.6 Å². The van der Waals surface area contributed by atoms with E-state index in [-0.39, 0.29) is 6.61 Å². The summed E-state index contributed by atoms with van der Waals surface area (Å²) >= 11 is 0. The van der Waals surface area contributed by atoms with Gasteiger partial charge in [-0.25, -0.2) is 0 Å². The van der Waals surface area contributed by atoms with Crippen molar-refractivity contribution in [3.63, 3.8) is 0 Å². The number of hydrogen-bond acceptors (Lipinski definition) is 5. The lowest BCUT2D eigenvalue weighted by atomic mass is 10.5. The highest BCUT2D eigenvalue weighted by molar-refractivity contribution is 7.90. The molecule has 0 aliphatic carbocycles. The molecule has 0 saturated heterocycles. The van der Waals surface area contributed by atoms with Gasteiger partial charge in [0.05, 0.1) is 6.61 Å². The molecule has 0 radical (unpaired) electrons. The number of rotatable bonds is 6. The first-order valence-corrected chi connectivity index (χ1v) is 7.17. The molecule has 0 fully saturated rings. The molecule has 0 rings (SSSR count). The molecular weight excluding hydrogens is 256 g/mol. The van der Waals surface area contributed by atoms with Gasteiger partial charge in [-0.05, 0) is 6.92 Å². The largest absolute Gasteiger partial charge is 0.285 e. The molecule has 1 unspecified atom stereocenters. The quantitative estimate of drug-likeness (QED) is 0.310. The summed E-state index contributed by atoms with van der Waals surface area (Å²) < 4.78 is 57.0. The SMILES string of the molecule is C=CCOS(=O)(=O)C(C#CC)CS(=O)(=O)O. The fourth-order valence-corrected chi connectivity index (χ4v) is 3.14. The van der Waals surface area contributed by atoms with E-state index >= 15 is 0 Å². The van der Waals surface area contributed by atoms with Gasteiger partial charge < -0.3 is 0 Å². The van der Waals surface area contributed by atoms with E-state index in [0.29, 0.717) is 0 Å². The van der Waals surface area contributed by atoms with Crippen molar-refractivity contribution in [1.82, 2.24) is 0 Å². The van der Waals surface area contributed by atoms with Crippen molar-refractivity contribution in [3.8, 4) is 11.8 Å². The molecule has 0 amide bonds. The molecule has 8 heteroatoms. The van der Waals surface area contributed by atoms with Crippen LogP contribution in [0.4, 0.5) is 0 Å². The van der Waals surface area contributed by atoms with Gasteiger partial charge in [0.15, 0.2) is 5.25 Å². The maximum Gasteiger partial charge on any atom is 0.283 e. The summed E-state index contributed by atoms with van der Waals surface area (Å²) in [6.45, 7) is 4.32. The molecule has 0 saturated carbocycles. The van der Waals surface area contributed by atoms with Gasteiger partial charge >= 0.3 is 0 Å². The molecule has 16 heavy (non-hydrogen) atoms. The van der Waals surface area contributed by atoms with Crippen LogP contribution in [0.2, 0.25) is 0 Å². The van der Waals surface area contributed by atoms with Crippen molar-refractivity contribution in [2.24, 2.45) is 0 Å². The Bertz CT molecular complexity index is 490. The van der Waals surface area contributed by atoms with E-state index in [9.17, 15) is 16.8 Å². The summed E-state index contributed by atoms with van der Waals surface area (Å²) in [5, 5.41) is -1.60. The van der Waals surface area contributed by atoms with E-state index in [1.165, 1.54) is 13.0 Å². The molecule has 0 aliphatic heterocycles. The van der Waals surface area contributed by atoms with E-state index in [1.807, 2.05) is 0 Å². The predicted molar refractivity (Wildman–Crippen MR) is 58.7 cm³/mol. The lowest BCUT2D eigenvalue weighted by Crippen LogP contribution is -2.29. The average Bonchev–Trinajstić information content (AvgIpc) is 2.12. The summed E-state index contributed by atoms with van der Waals surface area (Å²) in [6.07, 6.45) is 1.20. The summed E-state index contributed by atoms with van der Waals surface area (Å²) in [4.78, 5) is 0. The van der Waals surface area contributed by atoms with Gasteiger partial charge in [-0.3, -0.25) is 8.74 Å². The zero-order chi connectivity index (χ0) is 12.8. The summed E-state index contributed by atoms with van der Waals surface area (Å²) in [5.41, 5.74) is 0. The smallest absolute Gasteiger partial charge is 0.283 e. The van der Waals surface area contributed by atoms with Gasteiger partial charge in [0, 0.05) is 0 Å². The Hall–Kier alpha value is -0.880. The second-order valence-electron chi connectivity index (χ2n) is 2.70. The van der Waals surface area contributed by atoms with Gasteiger partial charge in [0.2, 0.25) is 0 Å². The van der Waals surface area contributed by atoms with Crippen LogP contribution in [0.25, 0.3) is 0 Å². The molecule has 0 aromatic rings. The van der Waals surface area contributed by atoms with Crippen LogP contribution in [0.15, 0.2) is 12.7 Å². The summed E-state index contributed by atoms with van der Waals surface area (Å²) in [7, 11) is -8.61. The Morgan fingerprint density at radius 1 is 1.44 bits per heavy atom. The molecule has 6 nitrogen and oxygen atoms in total. The van der Waals surface area contributed by atoms with Gasteiger partial charge in [-0.2, -0.15) is 16.8 Å². The van der Waals surface area contributed by atoms with Gasteiger partial charge in [-0.1, -0.05) is 12.0 Å². The second kappa shape index (κ2) is 6.00. The molecule has 1 N–H and O–H groups in total. The van der Waals surface area contributed by atoms with Crippen LogP contribution in [0.3, 0.4) is 0 Å². The first-order valence-electron chi connectivity index (χ1n) is 4.09. The van der Waals surface area contributed by atoms with E-state index in [1.54, 1.807) is 0 Å². The Labute approximate surface area is 95.2 Å². The first kappa shape index (κ1) is 15.1. The van der Waals surface area contributed by atoms with Crippen LogP contribution in [0, 0.1) is 11.8 Å². The van der Waals surface area contributed by atoms with Crippen LogP contribution in [-0.4, -0.2) is 39.0 Å². The van der Waals surface area contributed by atoms with E-state index in [2.05, 4.69) is 22.6 Å². The van der Waals surface area contributed by atoms with Crippen LogP contribution < -0.4 is 0 Å². The minimum atomic E-state index is -4.44. The zero-order valence-electron chi connectivity index (χ0n) is 8.58. The normalized spacial score (nSPS) is 13.6. The molecule has 0 bridgehead atoms. The molecule has 0 heterocycles. The fourth-order valence-electron chi connectivity index (χ4n) is 0.775. The minimum Gasteiger partial charge on any atom is -0.285 e. The molecule has 0 spiro atoms. The Morgan fingerprint density at radius 2 is 2.00 bits per heavy atom. The highest BCUT2D eigenvalue weighted by Gasteiger charge is 2.29. The minimum absolute atomic E-state index is 0.282. The summed E-state index contributed by atoms with van der Waals surface area (Å²) in [5.74, 6) is 3.39. The second-order valence-corrected chi connectivity index (χ2v) is 5.99. The maximum absolute atomic E-state index is 11.4. The lowest BCUT2D eigenvalue weighted by Gasteiger charge is -2.09. The van der Waals surface area contributed by atoms with Gasteiger partial charge in [0.25, 0.3) is 20.2 Å². The van der Waals surface area contributed by atoms with Crippen LogP contribution in [0.5, 0.6) is 0 Å². The third-order valence-electron chi connectivity index (χ3n) is 1.37. The van der Waals surface area contributed by atoms with Crippen molar-refractivity contribution in [1.29, 1.82) is 0 Å². The lowest BCUT2D eigenvalue weighted by molar-refractivity contribution is 0.354. The molecule has 0 aliphatic rings. The van der Waals surface area contributed by atoms with Crippen molar-refractivity contribution in [2.75, 3.05) is 12.4 Å². The standard InChI is InChI=1S/C8H12O6S2/c1-3-5-8(7-15(9,10)11)16(12,13)14-6-4-2/h4,8H,2,6-7H2,1H3,(H,9,10,11). The molecule has 0 aromatic heterocycles.